The van der Waals surface area contributed by atoms with Gasteiger partial charge in [-0.1, -0.05) is 6.07 Å². The molecule has 6 nitrogen and oxygen atoms in total. The van der Waals surface area contributed by atoms with Crippen LogP contribution in [0.1, 0.15) is 29.6 Å². The van der Waals surface area contributed by atoms with Crippen LogP contribution >= 0.6 is 0 Å². The molecule has 1 amide bonds. The molecular formula is C20H25N3O3. The molecule has 1 fully saturated rings. The predicted octanol–water partition coefficient (Wildman–Crippen LogP) is 2.84. The van der Waals surface area contributed by atoms with Crippen molar-refractivity contribution in [2.24, 2.45) is 5.73 Å². The molecule has 2 aromatic rings. The molecule has 0 radical (unpaired) electrons. The van der Waals surface area contributed by atoms with Crippen molar-refractivity contribution in [2.45, 2.75) is 25.4 Å². The van der Waals surface area contributed by atoms with Gasteiger partial charge in [0.1, 0.15) is 11.5 Å². The lowest BCUT2D eigenvalue weighted by Gasteiger charge is -2.32. The largest absolute Gasteiger partial charge is 0.457 e. The highest BCUT2D eigenvalue weighted by Gasteiger charge is 2.24. The molecule has 3 rings (SSSR count). The monoisotopic (exact) mass is 355 g/mol. The molecule has 0 unspecified atom stereocenters. The van der Waals surface area contributed by atoms with E-state index in [1.807, 2.05) is 23.1 Å². The molecule has 1 aromatic heterocycles. The molecule has 0 bridgehead atoms. The van der Waals surface area contributed by atoms with Gasteiger partial charge in [-0.3, -0.25) is 9.78 Å². The molecule has 0 atom stereocenters. The number of carbonyl (C=O) groups excluding carboxylic acids is 1. The molecule has 0 spiro atoms. The quantitative estimate of drug-likeness (QED) is 0.773. The normalized spacial score (nSPS) is 15.0. The van der Waals surface area contributed by atoms with Gasteiger partial charge in [-0.05, 0) is 56.1 Å². The second kappa shape index (κ2) is 9.31. The third-order valence-corrected chi connectivity index (χ3v) is 4.40. The zero-order chi connectivity index (χ0) is 18.2. The minimum atomic E-state index is 0.0330. The fraction of sp³-hybridized carbons (Fsp3) is 0.400. The first-order valence-corrected chi connectivity index (χ1v) is 9.05. The zero-order valence-electron chi connectivity index (χ0n) is 14.8. The van der Waals surface area contributed by atoms with Crippen molar-refractivity contribution in [1.82, 2.24) is 9.88 Å². The van der Waals surface area contributed by atoms with Crippen molar-refractivity contribution < 1.29 is 14.3 Å². The fourth-order valence-corrected chi connectivity index (χ4v) is 2.98. The molecule has 0 aliphatic carbocycles. The number of carbonyl (C=O) groups is 1. The maximum atomic E-state index is 12.8. The van der Waals surface area contributed by atoms with Crippen LogP contribution in [0.2, 0.25) is 0 Å². The average Bonchev–Trinajstić information content (AvgIpc) is 2.69. The first kappa shape index (κ1) is 18.4. The number of nitrogens with two attached hydrogens (primary N) is 1. The number of pyridine rings is 1. The van der Waals surface area contributed by atoms with Crippen molar-refractivity contribution in [1.29, 1.82) is 0 Å². The number of piperidine rings is 1. The molecule has 6 heteroatoms. The van der Waals surface area contributed by atoms with E-state index in [0.717, 1.165) is 19.3 Å². The van der Waals surface area contributed by atoms with E-state index in [2.05, 4.69) is 4.98 Å². The van der Waals surface area contributed by atoms with Gasteiger partial charge in [0.25, 0.3) is 5.91 Å². The lowest BCUT2D eigenvalue weighted by molar-refractivity contribution is 0.00844. The molecule has 1 aromatic carbocycles. The summed E-state index contributed by atoms with van der Waals surface area (Å²) in [5, 5.41) is 0. The van der Waals surface area contributed by atoms with Gasteiger partial charge in [0.15, 0.2) is 0 Å². The van der Waals surface area contributed by atoms with Crippen LogP contribution in [-0.4, -0.2) is 48.1 Å². The number of likely N-dealkylation sites (tertiary alicyclic amines) is 1. The first-order chi connectivity index (χ1) is 12.8. The van der Waals surface area contributed by atoms with Crippen LogP contribution in [0.15, 0.2) is 48.8 Å². The van der Waals surface area contributed by atoms with Crippen molar-refractivity contribution in [3.8, 4) is 11.5 Å². The Morgan fingerprint density at radius 2 is 1.92 bits per heavy atom. The van der Waals surface area contributed by atoms with Crippen molar-refractivity contribution in [3.63, 3.8) is 0 Å². The molecule has 1 saturated heterocycles. The smallest absolute Gasteiger partial charge is 0.253 e. The number of amides is 1. The van der Waals surface area contributed by atoms with Crippen LogP contribution in [0.5, 0.6) is 11.5 Å². The third kappa shape index (κ3) is 5.03. The van der Waals surface area contributed by atoms with Crippen molar-refractivity contribution in [2.75, 3.05) is 26.2 Å². The number of hydrogen-bond donors (Lipinski definition) is 1. The summed E-state index contributed by atoms with van der Waals surface area (Å²) in [6.07, 6.45) is 6.18. The van der Waals surface area contributed by atoms with E-state index in [1.165, 1.54) is 0 Å². The average molecular weight is 355 g/mol. The Morgan fingerprint density at radius 1 is 1.15 bits per heavy atom. The van der Waals surface area contributed by atoms with Crippen molar-refractivity contribution in [3.05, 3.63) is 54.4 Å². The highest BCUT2D eigenvalue weighted by molar-refractivity contribution is 5.94. The molecule has 0 saturated carbocycles. The predicted molar refractivity (Wildman–Crippen MR) is 99.3 cm³/mol. The summed E-state index contributed by atoms with van der Waals surface area (Å²) in [6.45, 7) is 2.77. The lowest BCUT2D eigenvalue weighted by Crippen LogP contribution is -2.41. The SMILES string of the molecule is NCCCOC1CCN(C(=O)c2cccc(Oc3ccncc3)c2)CC1. The standard InChI is InChI=1S/C20H25N3O3/c21-9-2-14-25-17-7-12-23(13-8-17)20(24)16-3-1-4-19(15-16)26-18-5-10-22-11-6-18/h1,3-6,10-11,15,17H,2,7-9,12-14,21H2. The minimum Gasteiger partial charge on any atom is -0.457 e. The molecule has 2 heterocycles. The van der Waals surface area contributed by atoms with E-state index in [1.54, 1.807) is 30.6 Å². The van der Waals surface area contributed by atoms with Crippen LogP contribution in [0, 0.1) is 0 Å². The van der Waals surface area contributed by atoms with Gasteiger partial charge in [0.2, 0.25) is 0 Å². The van der Waals surface area contributed by atoms with Gasteiger partial charge >= 0.3 is 0 Å². The summed E-state index contributed by atoms with van der Waals surface area (Å²) in [7, 11) is 0. The molecule has 26 heavy (non-hydrogen) atoms. The van der Waals surface area contributed by atoms with Crippen LogP contribution in [0.25, 0.3) is 0 Å². The Balaban J connectivity index is 1.56. The minimum absolute atomic E-state index is 0.0330. The second-order valence-electron chi connectivity index (χ2n) is 6.32. The molecule has 1 aliphatic heterocycles. The third-order valence-electron chi connectivity index (χ3n) is 4.40. The first-order valence-electron chi connectivity index (χ1n) is 9.05. The van der Waals surface area contributed by atoms with Gasteiger partial charge in [-0.2, -0.15) is 0 Å². The van der Waals surface area contributed by atoms with Crippen LogP contribution in [-0.2, 0) is 4.74 Å². The Labute approximate surface area is 153 Å². The Kier molecular flexibility index (Phi) is 6.57. The van der Waals surface area contributed by atoms with Crippen LogP contribution < -0.4 is 10.5 Å². The number of nitrogens with zero attached hydrogens (tertiary/aromatic N) is 2. The van der Waals surface area contributed by atoms with E-state index >= 15 is 0 Å². The van der Waals surface area contributed by atoms with E-state index < -0.39 is 0 Å². The maximum Gasteiger partial charge on any atom is 0.253 e. The topological polar surface area (TPSA) is 77.7 Å². The Hall–Kier alpha value is -2.44. The Bertz CT molecular complexity index is 700. The van der Waals surface area contributed by atoms with E-state index in [0.29, 0.717) is 43.3 Å². The van der Waals surface area contributed by atoms with Gasteiger partial charge in [-0.15, -0.1) is 0 Å². The Morgan fingerprint density at radius 3 is 2.65 bits per heavy atom. The summed E-state index contributed by atoms with van der Waals surface area (Å²) in [4.78, 5) is 18.6. The summed E-state index contributed by atoms with van der Waals surface area (Å²) in [5.41, 5.74) is 6.12. The van der Waals surface area contributed by atoms with Gasteiger partial charge in [-0.25, -0.2) is 0 Å². The lowest BCUT2D eigenvalue weighted by atomic mass is 10.1. The van der Waals surface area contributed by atoms with E-state index in [-0.39, 0.29) is 12.0 Å². The van der Waals surface area contributed by atoms with Gasteiger partial charge in [0, 0.05) is 37.7 Å². The highest BCUT2D eigenvalue weighted by Crippen LogP contribution is 2.23. The summed E-state index contributed by atoms with van der Waals surface area (Å²) < 4.78 is 11.6. The summed E-state index contributed by atoms with van der Waals surface area (Å²) >= 11 is 0. The highest BCUT2D eigenvalue weighted by atomic mass is 16.5. The molecular weight excluding hydrogens is 330 g/mol. The fourth-order valence-electron chi connectivity index (χ4n) is 2.98. The number of aromatic nitrogens is 1. The van der Waals surface area contributed by atoms with Gasteiger partial charge < -0.3 is 20.1 Å². The summed E-state index contributed by atoms with van der Waals surface area (Å²) in [5.74, 6) is 1.37. The van der Waals surface area contributed by atoms with Gasteiger partial charge in [0.05, 0.1) is 6.10 Å². The molecule has 138 valence electrons. The maximum absolute atomic E-state index is 12.8. The van der Waals surface area contributed by atoms with Crippen molar-refractivity contribution >= 4 is 5.91 Å². The number of rotatable bonds is 7. The summed E-state index contributed by atoms with van der Waals surface area (Å²) in [6, 6.07) is 10.9. The van der Waals surface area contributed by atoms with Crippen LogP contribution in [0.4, 0.5) is 0 Å². The molecule has 1 aliphatic rings. The number of benzene rings is 1. The second-order valence-corrected chi connectivity index (χ2v) is 6.32. The molecule has 2 N–H and O–H groups in total. The zero-order valence-corrected chi connectivity index (χ0v) is 14.8. The number of ether oxygens (including phenoxy) is 2. The van der Waals surface area contributed by atoms with Crippen LogP contribution in [0.3, 0.4) is 0 Å². The van der Waals surface area contributed by atoms with E-state index in [4.69, 9.17) is 15.2 Å². The number of hydrogen-bond acceptors (Lipinski definition) is 5. The van der Waals surface area contributed by atoms with E-state index in [9.17, 15) is 4.79 Å².